The van der Waals surface area contributed by atoms with Gasteiger partial charge in [0.25, 0.3) is 0 Å². The number of nitrogens with one attached hydrogen (secondary N) is 2. The number of carbonyl (C=O) groups is 4. The zero-order chi connectivity index (χ0) is 29.7. The maximum absolute atomic E-state index is 13.3. The average Bonchev–Trinajstić information content (AvgIpc) is 3.67. The Bertz CT molecular complexity index is 1260. The summed E-state index contributed by atoms with van der Waals surface area (Å²) >= 11 is 1.46. The summed E-state index contributed by atoms with van der Waals surface area (Å²) in [4.78, 5) is 57.7. The van der Waals surface area contributed by atoms with Gasteiger partial charge >= 0.3 is 5.97 Å². The molecule has 5 aliphatic rings. The lowest BCUT2D eigenvalue weighted by Crippen LogP contribution is -2.66. The highest BCUT2D eigenvalue weighted by Crippen LogP contribution is 2.51. The van der Waals surface area contributed by atoms with E-state index >= 15 is 0 Å². The second-order valence-corrected chi connectivity index (χ2v) is 13.4. The number of nitrogens with two attached hydrogens (primary N) is 1. The molecule has 0 spiro atoms. The summed E-state index contributed by atoms with van der Waals surface area (Å²) in [5.74, 6) is -2.44. The van der Waals surface area contributed by atoms with Crippen LogP contribution in [0.4, 0.5) is 0 Å². The molecule has 1 unspecified atom stereocenters. The first kappa shape index (κ1) is 29.0. The third-order valence-corrected chi connectivity index (χ3v) is 10.8. The lowest BCUT2D eigenvalue weighted by atomic mass is 9.78. The maximum atomic E-state index is 13.3. The molecular formula is C26H38N10O5S. The van der Waals surface area contributed by atoms with Crippen LogP contribution in [0.25, 0.3) is 0 Å². The number of carbonyl (C=O) groups excluding carboxylic acids is 3. The molecular weight excluding hydrogens is 564 g/mol. The van der Waals surface area contributed by atoms with Crippen molar-refractivity contribution in [3.05, 3.63) is 16.9 Å². The summed E-state index contributed by atoms with van der Waals surface area (Å²) in [6, 6.07) is -0.387. The highest BCUT2D eigenvalue weighted by atomic mass is 32.2. The van der Waals surface area contributed by atoms with Crippen molar-refractivity contribution in [2.45, 2.75) is 75.1 Å². The Kier molecular flexibility index (Phi) is 7.97. The average molecular weight is 603 g/mol. The van der Waals surface area contributed by atoms with Crippen molar-refractivity contribution >= 4 is 35.5 Å². The molecule has 0 radical (unpaired) electrons. The zero-order valence-electron chi connectivity index (χ0n) is 23.8. The van der Waals surface area contributed by atoms with Crippen LogP contribution in [-0.4, -0.2) is 132 Å². The summed E-state index contributed by atoms with van der Waals surface area (Å²) in [7, 11) is 0. The first-order valence-electron chi connectivity index (χ1n) is 14.6. The fourth-order valence-corrected chi connectivity index (χ4v) is 8.64. The number of thioether (sulfide) groups is 1. The van der Waals surface area contributed by atoms with Gasteiger partial charge in [-0.3, -0.25) is 19.3 Å². The smallest absolute Gasteiger partial charge is 0.353 e. The van der Waals surface area contributed by atoms with Crippen LogP contribution < -0.4 is 16.4 Å². The largest absolute Gasteiger partial charge is 0.477 e. The van der Waals surface area contributed by atoms with Gasteiger partial charge in [0.2, 0.25) is 17.7 Å². The fourth-order valence-electron chi connectivity index (χ4n) is 7.17. The predicted molar refractivity (Wildman–Crippen MR) is 150 cm³/mol. The van der Waals surface area contributed by atoms with Gasteiger partial charge in [0.1, 0.15) is 18.6 Å². The minimum Gasteiger partial charge on any atom is -0.477 e. The molecule has 0 saturated carbocycles. The van der Waals surface area contributed by atoms with E-state index in [0.29, 0.717) is 23.9 Å². The molecule has 4 fully saturated rings. The fraction of sp³-hybridized carbons (Fsp3) is 0.731. The number of hydrogen-bond acceptors (Lipinski definition) is 11. The summed E-state index contributed by atoms with van der Waals surface area (Å²) in [6.45, 7) is 7.55. The summed E-state index contributed by atoms with van der Waals surface area (Å²) in [5.41, 5.74) is 5.95. The maximum Gasteiger partial charge on any atom is 0.353 e. The number of aromatic nitrogens is 4. The normalized spacial score (nSPS) is 31.1. The van der Waals surface area contributed by atoms with E-state index in [2.05, 4.69) is 31.1 Å². The molecule has 4 saturated heterocycles. The van der Waals surface area contributed by atoms with Crippen LogP contribution in [0.3, 0.4) is 0 Å². The van der Waals surface area contributed by atoms with E-state index in [-0.39, 0.29) is 59.3 Å². The highest BCUT2D eigenvalue weighted by molar-refractivity contribution is 8.03. The molecule has 0 aromatic carbocycles. The third-order valence-electron chi connectivity index (χ3n) is 9.33. The number of likely N-dealkylation sites (tertiary alicyclic amines) is 2. The van der Waals surface area contributed by atoms with E-state index in [1.165, 1.54) is 27.7 Å². The van der Waals surface area contributed by atoms with Gasteiger partial charge in [0.15, 0.2) is 0 Å². The topological polar surface area (TPSA) is 192 Å². The zero-order valence-corrected chi connectivity index (χ0v) is 24.6. The van der Waals surface area contributed by atoms with E-state index in [1.807, 2.05) is 11.8 Å². The standard InChI is InChI=1S/C26H38N10O5S/c1-13-21-20(14(2)30-19(37)11-35-12-29-31-32-35)25(39)36(21)22(26(40)41)23(13)42-17-7-18(28-8-17)24(38)33-5-3-16(4-6-33)34-9-15(27)10-34/h12-18,20-21,28H,3-11,27H2,1-2H3,(H,30,37)(H,40,41)/t13-,14-,17+,18+,20-,21?/m1/s1. The number of amides is 3. The number of rotatable bonds is 9. The summed E-state index contributed by atoms with van der Waals surface area (Å²) < 4.78 is 1.29. The van der Waals surface area contributed by atoms with Crippen LogP contribution in [0.2, 0.25) is 0 Å². The van der Waals surface area contributed by atoms with Crippen LogP contribution in [0, 0.1) is 11.8 Å². The minimum atomic E-state index is -1.14. The highest BCUT2D eigenvalue weighted by Gasteiger charge is 2.60. The lowest BCUT2D eigenvalue weighted by molar-refractivity contribution is -0.158. The second-order valence-electron chi connectivity index (χ2n) is 12.1. The number of hydrogen-bond donors (Lipinski definition) is 4. The Balaban J connectivity index is 1.04. The van der Waals surface area contributed by atoms with Crippen molar-refractivity contribution in [1.82, 2.24) is 45.5 Å². The molecule has 6 rings (SSSR count). The Hall–Kier alpha value is -3.08. The number of aliphatic carboxylic acids is 1. The number of carboxylic acid groups (broad SMARTS) is 1. The van der Waals surface area contributed by atoms with Crippen molar-refractivity contribution in [3.63, 3.8) is 0 Å². The van der Waals surface area contributed by atoms with Crippen LogP contribution in [0.1, 0.15) is 33.1 Å². The van der Waals surface area contributed by atoms with Gasteiger partial charge < -0.3 is 31.3 Å². The van der Waals surface area contributed by atoms with Crippen molar-refractivity contribution in [1.29, 1.82) is 0 Å². The van der Waals surface area contributed by atoms with Gasteiger partial charge in [-0.05, 0) is 36.6 Å². The van der Waals surface area contributed by atoms with E-state index < -0.39 is 17.9 Å². The van der Waals surface area contributed by atoms with E-state index in [4.69, 9.17) is 5.73 Å². The number of tetrazole rings is 1. The Labute approximate surface area is 247 Å². The van der Waals surface area contributed by atoms with Crippen molar-refractivity contribution in [2.24, 2.45) is 17.6 Å². The SMILES string of the molecule is C[C@H]1C(S[C@@H]2CN[C@H](C(=O)N3CCC(N4CC(N)C4)CC3)C2)=C(C(=O)O)N2C(=O)[C@H]([C@@H](C)NC(=O)Cn3cnnn3)C12. The number of β-lactam (4-membered cyclic amide) rings is 1. The van der Waals surface area contributed by atoms with Gasteiger partial charge in [-0.25, -0.2) is 9.48 Å². The second kappa shape index (κ2) is 11.5. The van der Waals surface area contributed by atoms with Gasteiger partial charge in [-0.2, -0.15) is 0 Å². The van der Waals surface area contributed by atoms with Gasteiger partial charge in [0.05, 0.1) is 18.0 Å². The molecule has 5 aliphatic heterocycles. The van der Waals surface area contributed by atoms with Crippen LogP contribution in [0.5, 0.6) is 0 Å². The van der Waals surface area contributed by atoms with Crippen molar-refractivity contribution in [3.8, 4) is 0 Å². The Morgan fingerprint density at radius 1 is 1.26 bits per heavy atom. The molecule has 1 aromatic heterocycles. The monoisotopic (exact) mass is 602 g/mol. The molecule has 6 heterocycles. The van der Waals surface area contributed by atoms with E-state index in [0.717, 1.165) is 39.0 Å². The van der Waals surface area contributed by atoms with Crippen LogP contribution in [0.15, 0.2) is 16.9 Å². The van der Waals surface area contributed by atoms with Crippen LogP contribution in [-0.2, 0) is 25.7 Å². The number of piperidine rings is 1. The molecule has 0 aliphatic carbocycles. The number of fused-ring (bicyclic) bond motifs is 1. The van der Waals surface area contributed by atoms with Gasteiger partial charge in [-0.15, -0.1) is 16.9 Å². The van der Waals surface area contributed by atoms with Crippen molar-refractivity contribution in [2.75, 3.05) is 32.7 Å². The minimum absolute atomic E-state index is 0.00605. The Morgan fingerprint density at radius 3 is 2.64 bits per heavy atom. The van der Waals surface area contributed by atoms with Crippen molar-refractivity contribution < 1.29 is 24.3 Å². The predicted octanol–water partition coefficient (Wildman–Crippen LogP) is -1.95. The number of nitrogens with zero attached hydrogens (tertiary/aromatic N) is 7. The molecule has 6 atom stereocenters. The summed E-state index contributed by atoms with van der Waals surface area (Å²) in [6.07, 6.45) is 3.84. The molecule has 42 heavy (non-hydrogen) atoms. The first-order chi connectivity index (χ1) is 20.1. The third kappa shape index (κ3) is 5.29. The summed E-state index contributed by atoms with van der Waals surface area (Å²) in [5, 5.41) is 27.0. The van der Waals surface area contributed by atoms with Gasteiger partial charge in [0, 0.05) is 66.9 Å². The molecule has 3 amide bonds. The quantitative estimate of drug-likeness (QED) is 0.229. The molecule has 5 N–H and O–H groups in total. The Morgan fingerprint density at radius 2 is 2.00 bits per heavy atom. The number of carboxylic acids is 1. The van der Waals surface area contributed by atoms with Crippen LogP contribution >= 0.6 is 11.8 Å². The van der Waals surface area contributed by atoms with E-state index in [1.54, 1.807) is 6.92 Å². The molecule has 0 bridgehead atoms. The molecule has 228 valence electrons. The first-order valence-corrected chi connectivity index (χ1v) is 15.5. The van der Waals surface area contributed by atoms with E-state index in [9.17, 15) is 24.3 Å². The molecule has 16 heteroatoms. The van der Waals surface area contributed by atoms with Gasteiger partial charge in [-0.1, -0.05) is 6.92 Å². The lowest BCUT2D eigenvalue weighted by Gasteiger charge is -2.47. The molecule has 15 nitrogen and oxygen atoms in total. The molecule has 1 aromatic rings.